The molecule has 5 heteroatoms. The smallest absolute Gasteiger partial charge is 0.206 e. The summed E-state index contributed by atoms with van der Waals surface area (Å²) in [5.74, 6) is -0.109. The second-order valence-electron chi connectivity index (χ2n) is 10.6. The standard InChI is InChI=1S/C36H30N4O/c1-26-32(22-23-33(41)34-31-21-11-13-27-14-12-24-40(38-34)35(27)31)37-25-39(26)36(28-15-5-2-6-16-28,29-17-7-3-8-18-29)30-19-9-4-10-20-30/h2-11,13,15-23,25H,12,14,24H2,1H3. The minimum Gasteiger partial charge on any atom is -0.316 e. The van der Waals surface area contributed by atoms with Crippen LogP contribution in [0.15, 0.2) is 122 Å². The highest BCUT2D eigenvalue weighted by molar-refractivity contribution is 6.13. The summed E-state index contributed by atoms with van der Waals surface area (Å²) in [5.41, 5.74) is 7.29. The maximum Gasteiger partial charge on any atom is 0.206 e. The lowest BCUT2D eigenvalue weighted by atomic mass is 9.76. The molecule has 1 aliphatic rings. The van der Waals surface area contributed by atoms with Crippen molar-refractivity contribution in [1.82, 2.24) is 19.3 Å². The lowest BCUT2D eigenvalue weighted by Gasteiger charge is -2.38. The van der Waals surface area contributed by atoms with Crippen molar-refractivity contribution in [1.29, 1.82) is 0 Å². The Morgan fingerprint density at radius 2 is 1.41 bits per heavy atom. The summed E-state index contributed by atoms with van der Waals surface area (Å²) in [6, 6.07) is 37.8. The lowest BCUT2D eigenvalue weighted by molar-refractivity contribution is 0.104. The zero-order valence-corrected chi connectivity index (χ0v) is 22.9. The maximum absolute atomic E-state index is 13.5. The molecular formula is C36H30N4O. The van der Waals surface area contributed by atoms with Gasteiger partial charge in [-0.1, -0.05) is 109 Å². The molecule has 200 valence electrons. The first-order valence-electron chi connectivity index (χ1n) is 14.1. The molecule has 4 aromatic carbocycles. The van der Waals surface area contributed by atoms with Gasteiger partial charge in [0.1, 0.15) is 11.2 Å². The first kappa shape index (κ1) is 25.0. The van der Waals surface area contributed by atoms with Crippen LogP contribution in [0.4, 0.5) is 0 Å². The number of aromatic nitrogens is 4. The van der Waals surface area contributed by atoms with Gasteiger partial charge in [0.05, 0.1) is 17.5 Å². The summed E-state index contributed by atoms with van der Waals surface area (Å²) in [5, 5.41) is 5.63. The summed E-state index contributed by atoms with van der Waals surface area (Å²) in [7, 11) is 0. The van der Waals surface area contributed by atoms with E-state index >= 15 is 0 Å². The summed E-state index contributed by atoms with van der Waals surface area (Å²) < 4.78 is 4.22. The summed E-state index contributed by atoms with van der Waals surface area (Å²) in [4.78, 5) is 18.3. The molecule has 1 aliphatic heterocycles. The van der Waals surface area contributed by atoms with E-state index in [0.717, 1.165) is 58.4 Å². The highest BCUT2D eigenvalue weighted by atomic mass is 16.1. The van der Waals surface area contributed by atoms with Crippen molar-refractivity contribution < 1.29 is 4.79 Å². The zero-order valence-electron chi connectivity index (χ0n) is 22.9. The number of ketones is 1. The number of carbonyl (C=O) groups excluding carboxylic acids is 1. The van der Waals surface area contributed by atoms with Crippen LogP contribution in [-0.4, -0.2) is 25.1 Å². The number of hydrogen-bond acceptors (Lipinski definition) is 3. The van der Waals surface area contributed by atoms with Crippen molar-refractivity contribution in [2.75, 3.05) is 0 Å². The molecule has 6 aromatic rings. The molecule has 3 heterocycles. The van der Waals surface area contributed by atoms with Crippen molar-refractivity contribution in [2.24, 2.45) is 0 Å². The fraction of sp³-hybridized carbons (Fsp3) is 0.139. The van der Waals surface area contributed by atoms with E-state index in [9.17, 15) is 4.79 Å². The zero-order chi connectivity index (χ0) is 27.8. The summed E-state index contributed by atoms with van der Waals surface area (Å²) in [6.45, 7) is 2.91. The molecule has 0 aliphatic carbocycles. The number of allylic oxidation sites excluding steroid dienone is 1. The molecule has 0 amide bonds. The van der Waals surface area contributed by atoms with Crippen LogP contribution in [0, 0.1) is 6.92 Å². The number of aryl methyl sites for hydroxylation is 2. The quantitative estimate of drug-likeness (QED) is 0.123. The molecule has 7 rings (SSSR count). The van der Waals surface area contributed by atoms with E-state index < -0.39 is 5.54 Å². The molecule has 0 N–H and O–H groups in total. The number of rotatable bonds is 7. The highest BCUT2D eigenvalue weighted by Gasteiger charge is 2.39. The van der Waals surface area contributed by atoms with Crippen molar-refractivity contribution in [3.63, 3.8) is 0 Å². The second-order valence-corrected chi connectivity index (χ2v) is 10.6. The van der Waals surface area contributed by atoms with E-state index in [0.29, 0.717) is 5.69 Å². The minimum absolute atomic E-state index is 0.109. The molecule has 0 radical (unpaired) electrons. The van der Waals surface area contributed by atoms with Gasteiger partial charge < -0.3 is 4.57 Å². The fourth-order valence-electron chi connectivity index (χ4n) is 6.39. The van der Waals surface area contributed by atoms with E-state index in [-0.39, 0.29) is 5.78 Å². The monoisotopic (exact) mass is 534 g/mol. The first-order chi connectivity index (χ1) is 20.2. The number of nitrogens with zero attached hydrogens (tertiary/aromatic N) is 4. The predicted octanol–water partition coefficient (Wildman–Crippen LogP) is 7.22. The van der Waals surface area contributed by atoms with Gasteiger partial charge in [0, 0.05) is 17.6 Å². The van der Waals surface area contributed by atoms with Gasteiger partial charge in [0.25, 0.3) is 0 Å². The average Bonchev–Trinajstić information content (AvgIpc) is 3.60. The van der Waals surface area contributed by atoms with Gasteiger partial charge >= 0.3 is 0 Å². The normalized spacial score (nSPS) is 13.2. The summed E-state index contributed by atoms with van der Waals surface area (Å²) >= 11 is 0. The first-order valence-corrected chi connectivity index (χ1v) is 14.1. The Labute approximate surface area is 239 Å². The highest BCUT2D eigenvalue weighted by Crippen LogP contribution is 2.42. The van der Waals surface area contributed by atoms with E-state index in [1.165, 1.54) is 5.56 Å². The minimum atomic E-state index is -0.655. The van der Waals surface area contributed by atoms with E-state index in [1.807, 2.05) is 47.4 Å². The molecule has 0 atom stereocenters. The van der Waals surface area contributed by atoms with Gasteiger partial charge in [0.15, 0.2) is 0 Å². The third kappa shape index (κ3) is 4.04. The molecule has 0 unspecified atom stereocenters. The Morgan fingerprint density at radius 3 is 2.02 bits per heavy atom. The van der Waals surface area contributed by atoms with Crippen LogP contribution in [-0.2, 0) is 18.5 Å². The average molecular weight is 535 g/mol. The van der Waals surface area contributed by atoms with Crippen LogP contribution in [0.25, 0.3) is 17.0 Å². The number of para-hydroxylation sites is 1. The molecular weight excluding hydrogens is 504 g/mol. The van der Waals surface area contributed by atoms with Gasteiger partial charge in [0.2, 0.25) is 5.78 Å². The van der Waals surface area contributed by atoms with Crippen molar-refractivity contribution in [2.45, 2.75) is 31.8 Å². The molecule has 0 bridgehead atoms. The molecule has 0 spiro atoms. The topological polar surface area (TPSA) is 52.7 Å². The predicted molar refractivity (Wildman–Crippen MR) is 163 cm³/mol. The molecule has 0 fully saturated rings. The maximum atomic E-state index is 13.5. The van der Waals surface area contributed by atoms with E-state index in [4.69, 9.17) is 10.1 Å². The van der Waals surface area contributed by atoms with Crippen LogP contribution < -0.4 is 0 Å². The third-order valence-corrected chi connectivity index (χ3v) is 8.28. The number of imidazole rings is 1. The van der Waals surface area contributed by atoms with Crippen LogP contribution >= 0.6 is 0 Å². The Hall–Kier alpha value is -5.03. The van der Waals surface area contributed by atoms with Crippen molar-refractivity contribution >= 4 is 22.8 Å². The fourth-order valence-corrected chi connectivity index (χ4v) is 6.39. The number of carbonyl (C=O) groups is 1. The largest absolute Gasteiger partial charge is 0.316 e. The van der Waals surface area contributed by atoms with Gasteiger partial charge in [-0.25, -0.2) is 4.98 Å². The molecule has 41 heavy (non-hydrogen) atoms. The van der Waals surface area contributed by atoms with E-state index in [1.54, 1.807) is 6.08 Å². The second kappa shape index (κ2) is 10.2. The van der Waals surface area contributed by atoms with Gasteiger partial charge in [-0.3, -0.25) is 9.48 Å². The number of benzene rings is 4. The van der Waals surface area contributed by atoms with Gasteiger partial charge in [-0.05, 0) is 54.2 Å². The number of hydrogen-bond donors (Lipinski definition) is 0. The Bertz CT molecular complexity index is 1790. The van der Waals surface area contributed by atoms with Crippen LogP contribution in [0.2, 0.25) is 0 Å². The van der Waals surface area contributed by atoms with Gasteiger partial charge in [-0.2, -0.15) is 5.10 Å². The molecule has 0 saturated heterocycles. The lowest BCUT2D eigenvalue weighted by Crippen LogP contribution is -2.38. The van der Waals surface area contributed by atoms with Crippen molar-refractivity contribution in [3.05, 3.63) is 161 Å². The molecule has 0 saturated carbocycles. The Morgan fingerprint density at radius 1 is 0.805 bits per heavy atom. The van der Waals surface area contributed by atoms with Crippen LogP contribution in [0.5, 0.6) is 0 Å². The van der Waals surface area contributed by atoms with Crippen LogP contribution in [0.3, 0.4) is 0 Å². The summed E-state index contributed by atoms with van der Waals surface area (Å²) in [6.07, 6.45) is 7.40. The van der Waals surface area contributed by atoms with Crippen LogP contribution in [0.1, 0.15) is 50.6 Å². The molecule has 2 aromatic heterocycles. The van der Waals surface area contributed by atoms with Gasteiger partial charge in [-0.15, -0.1) is 0 Å². The Kier molecular flexibility index (Phi) is 6.20. The van der Waals surface area contributed by atoms with Crippen molar-refractivity contribution in [3.8, 4) is 0 Å². The molecule has 5 nitrogen and oxygen atoms in total. The van der Waals surface area contributed by atoms with E-state index in [2.05, 4.69) is 90.4 Å². The SMILES string of the molecule is Cc1c(C=CC(=O)c2nn3c4c(cccc24)CCC3)ncn1C(c1ccccc1)(c1ccccc1)c1ccccc1. The third-order valence-electron chi connectivity index (χ3n) is 8.28. The Balaban J connectivity index is 1.35.